The van der Waals surface area contributed by atoms with Crippen LogP contribution in [0.1, 0.15) is 213 Å². The largest absolute Gasteiger partial charge is 0.463 e. The van der Waals surface area contributed by atoms with E-state index in [1.807, 2.05) is 0 Å². The zero-order valence-electron chi connectivity index (χ0n) is 42.0. The van der Waals surface area contributed by atoms with E-state index in [1.165, 1.54) is 103 Å². The molecule has 0 N–H and O–H groups in total. The molecule has 368 valence electrons. The van der Waals surface area contributed by atoms with Crippen molar-refractivity contribution in [3.8, 4) is 0 Å². The molecule has 2 rings (SSSR count). The van der Waals surface area contributed by atoms with E-state index in [0.29, 0.717) is 32.0 Å². The van der Waals surface area contributed by atoms with Crippen LogP contribution in [0.15, 0.2) is 60.8 Å². The second kappa shape index (κ2) is 41.9. The minimum atomic E-state index is -0.173. The number of esters is 2. The molecule has 0 radical (unpaired) electrons. The highest BCUT2D eigenvalue weighted by atomic mass is 16.6. The number of ether oxygens (including phenoxy) is 4. The van der Waals surface area contributed by atoms with Crippen LogP contribution in [0.3, 0.4) is 0 Å². The third kappa shape index (κ3) is 32.2. The summed E-state index contributed by atoms with van der Waals surface area (Å²) in [6, 6.07) is 0. The van der Waals surface area contributed by atoms with E-state index in [2.05, 4.69) is 93.5 Å². The summed E-state index contributed by atoms with van der Waals surface area (Å²) >= 11 is 0. The number of carbonyl (C=O) groups excluding carboxylic acids is 2. The minimum absolute atomic E-state index is 0.0832. The lowest BCUT2D eigenvalue weighted by molar-refractivity contribution is -0.152. The van der Waals surface area contributed by atoms with E-state index >= 15 is 0 Å². The summed E-state index contributed by atoms with van der Waals surface area (Å²) in [5.74, 6) is 0.403. The van der Waals surface area contributed by atoms with Crippen molar-refractivity contribution in [1.82, 2.24) is 4.90 Å². The Hall–Kier alpha value is -2.48. The molecule has 1 aliphatic heterocycles. The number of likely N-dealkylation sites (tertiary alicyclic amines) is 1. The van der Waals surface area contributed by atoms with Gasteiger partial charge >= 0.3 is 11.9 Å². The average Bonchev–Trinajstić information content (AvgIpc) is 3.87. The lowest BCUT2D eigenvalue weighted by Gasteiger charge is -2.24. The maximum atomic E-state index is 13.4. The van der Waals surface area contributed by atoms with Crippen LogP contribution in [0.4, 0.5) is 0 Å². The van der Waals surface area contributed by atoms with Gasteiger partial charge in [0.1, 0.15) is 12.7 Å². The Morgan fingerprint density at radius 1 is 0.594 bits per heavy atom. The summed E-state index contributed by atoms with van der Waals surface area (Å²) in [7, 11) is 2.11. The highest BCUT2D eigenvalue weighted by Gasteiger charge is 2.39. The van der Waals surface area contributed by atoms with Crippen LogP contribution in [-0.2, 0) is 28.5 Å². The van der Waals surface area contributed by atoms with Crippen LogP contribution in [0, 0.1) is 17.8 Å². The Balaban J connectivity index is 1.73. The SMILES string of the molecule is CC/C=C\CC1C(CC(=O)OCC(CCOCCCCCCCC/C=C\C/C=C\CCCC)OCCCCCCC/C=C\C/C=C\CCCCC)CCC1OC(=O)CC1CCN(C)C1. The molecule has 0 amide bonds. The van der Waals surface area contributed by atoms with Gasteiger partial charge in [0, 0.05) is 51.5 Å². The second-order valence-electron chi connectivity index (χ2n) is 19.0. The molecule has 2 aliphatic rings. The van der Waals surface area contributed by atoms with E-state index in [9.17, 15) is 9.59 Å². The van der Waals surface area contributed by atoms with Gasteiger partial charge in [0.05, 0.1) is 6.10 Å². The van der Waals surface area contributed by atoms with E-state index in [-0.39, 0.29) is 42.6 Å². The molecule has 1 saturated carbocycles. The van der Waals surface area contributed by atoms with Gasteiger partial charge in [-0.05, 0) is 128 Å². The van der Waals surface area contributed by atoms with Crippen molar-refractivity contribution in [3.63, 3.8) is 0 Å². The summed E-state index contributed by atoms with van der Waals surface area (Å²) in [5.41, 5.74) is 0. The molecule has 0 aromatic carbocycles. The Kier molecular flexibility index (Phi) is 37.8. The van der Waals surface area contributed by atoms with Gasteiger partial charge in [-0.25, -0.2) is 0 Å². The summed E-state index contributed by atoms with van der Waals surface area (Å²) in [6.07, 6.45) is 55.4. The van der Waals surface area contributed by atoms with Crippen molar-refractivity contribution in [2.45, 2.75) is 226 Å². The summed E-state index contributed by atoms with van der Waals surface area (Å²) in [4.78, 5) is 28.7. The molecule has 5 unspecified atom stereocenters. The molecule has 0 bridgehead atoms. The Morgan fingerprint density at radius 3 is 1.80 bits per heavy atom. The summed E-state index contributed by atoms with van der Waals surface area (Å²) in [6.45, 7) is 11.0. The van der Waals surface area contributed by atoms with Crippen LogP contribution in [-0.4, -0.2) is 75.6 Å². The predicted molar refractivity (Wildman–Crippen MR) is 271 cm³/mol. The first-order chi connectivity index (χ1) is 31.5. The molecule has 1 heterocycles. The molecular weight excluding hydrogens is 795 g/mol. The molecule has 0 aromatic heterocycles. The molecule has 7 nitrogen and oxygen atoms in total. The average molecular weight is 894 g/mol. The highest BCUT2D eigenvalue weighted by Crippen LogP contribution is 2.39. The van der Waals surface area contributed by atoms with Gasteiger partial charge in [0.2, 0.25) is 0 Å². The summed E-state index contributed by atoms with van der Waals surface area (Å²) in [5, 5.41) is 0. The predicted octanol–water partition coefficient (Wildman–Crippen LogP) is 15.2. The molecule has 2 fully saturated rings. The number of rotatable bonds is 42. The highest BCUT2D eigenvalue weighted by molar-refractivity contribution is 5.70. The van der Waals surface area contributed by atoms with E-state index < -0.39 is 0 Å². The van der Waals surface area contributed by atoms with Crippen molar-refractivity contribution >= 4 is 11.9 Å². The van der Waals surface area contributed by atoms with Crippen LogP contribution in [0.2, 0.25) is 0 Å². The second-order valence-corrected chi connectivity index (χ2v) is 19.0. The fourth-order valence-corrected chi connectivity index (χ4v) is 9.08. The van der Waals surface area contributed by atoms with Gasteiger partial charge < -0.3 is 23.8 Å². The van der Waals surface area contributed by atoms with Gasteiger partial charge in [-0.2, -0.15) is 0 Å². The van der Waals surface area contributed by atoms with Gasteiger partial charge in [-0.15, -0.1) is 0 Å². The van der Waals surface area contributed by atoms with Crippen LogP contribution in [0.25, 0.3) is 0 Å². The lowest BCUT2D eigenvalue weighted by atomic mass is 9.88. The lowest BCUT2D eigenvalue weighted by Crippen LogP contribution is -2.28. The van der Waals surface area contributed by atoms with Crippen LogP contribution in [0.5, 0.6) is 0 Å². The van der Waals surface area contributed by atoms with Crippen molar-refractivity contribution < 1.29 is 28.5 Å². The maximum Gasteiger partial charge on any atom is 0.306 e. The number of carbonyl (C=O) groups is 2. The summed E-state index contributed by atoms with van der Waals surface area (Å²) < 4.78 is 24.5. The first-order valence-electron chi connectivity index (χ1n) is 26.9. The van der Waals surface area contributed by atoms with Crippen molar-refractivity contribution in [2.75, 3.05) is 46.6 Å². The molecule has 7 heteroatoms. The fourth-order valence-electron chi connectivity index (χ4n) is 9.08. The quantitative estimate of drug-likeness (QED) is 0.0343. The Bertz CT molecular complexity index is 1260. The van der Waals surface area contributed by atoms with E-state index in [0.717, 1.165) is 96.7 Å². The fraction of sp³-hybridized carbons (Fsp3) is 0.789. The van der Waals surface area contributed by atoms with E-state index in [4.69, 9.17) is 18.9 Å². The maximum absolute atomic E-state index is 13.4. The van der Waals surface area contributed by atoms with Crippen LogP contribution < -0.4 is 0 Å². The molecule has 64 heavy (non-hydrogen) atoms. The minimum Gasteiger partial charge on any atom is -0.463 e. The van der Waals surface area contributed by atoms with Gasteiger partial charge in [-0.1, -0.05) is 152 Å². The number of allylic oxidation sites excluding steroid dienone is 10. The van der Waals surface area contributed by atoms with Crippen LogP contribution >= 0.6 is 0 Å². The number of nitrogens with zero attached hydrogens (tertiary/aromatic N) is 1. The topological polar surface area (TPSA) is 74.3 Å². The van der Waals surface area contributed by atoms with Gasteiger partial charge in [-0.3, -0.25) is 9.59 Å². The van der Waals surface area contributed by atoms with Gasteiger partial charge in [0.25, 0.3) is 0 Å². The Labute approximate surface area is 394 Å². The zero-order chi connectivity index (χ0) is 46.0. The zero-order valence-corrected chi connectivity index (χ0v) is 42.0. The van der Waals surface area contributed by atoms with E-state index in [1.54, 1.807) is 0 Å². The standard InChI is InChI=1S/C57H99NO6/c1-5-8-11-13-15-17-19-21-23-25-27-29-31-33-36-44-61-46-42-53(62-45-37-34-32-30-28-26-24-22-20-18-16-14-12-9-6-2)50-63-56(59)48-52-39-40-55(54(52)38-35-10-7-3)64-57(60)47-51-41-43-58(4)49-51/h10,13,15-16,18-19,21-22,24,35,51-55H,5-9,11-12,14,17,20,23,25-34,36-50H2,1-4H3/b15-13-,18-16-,21-19-,24-22-,35-10-. The molecule has 0 aromatic rings. The third-order valence-corrected chi connectivity index (χ3v) is 13.1. The Morgan fingerprint density at radius 2 is 1.19 bits per heavy atom. The normalized spacial score (nSPS) is 20.1. The first-order valence-corrected chi connectivity index (χ1v) is 26.9. The molecule has 1 aliphatic carbocycles. The smallest absolute Gasteiger partial charge is 0.306 e. The molecule has 0 spiro atoms. The number of hydrogen-bond acceptors (Lipinski definition) is 7. The molecule has 1 saturated heterocycles. The monoisotopic (exact) mass is 894 g/mol. The van der Waals surface area contributed by atoms with Gasteiger partial charge in [0.15, 0.2) is 0 Å². The molecule has 5 atom stereocenters. The molecular formula is C57H99NO6. The first kappa shape index (κ1) is 57.6. The van der Waals surface area contributed by atoms with Crippen molar-refractivity contribution in [1.29, 1.82) is 0 Å². The third-order valence-electron chi connectivity index (χ3n) is 13.1. The van der Waals surface area contributed by atoms with Crippen molar-refractivity contribution in [2.24, 2.45) is 17.8 Å². The number of hydrogen-bond donors (Lipinski definition) is 0. The number of unbranched alkanes of at least 4 members (excludes halogenated alkanes) is 16. The van der Waals surface area contributed by atoms with Crippen molar-refractivity contribution in [3.05, 3.63) is 60.8 Å².